The number of ether oxygens (including phenoxy) is 1. The van der Waals surface area contributed by atoms with E-state index in [1.807, 2.05) is 45.3 Å². The van der Waals surface area contributed by atoms with Gasteiger partial charge in [-0.25, -0.2) is 4.79 Å². The van der Waals surface area contributed by atoms with Gasteiger partial charge >= 0.3 is 6.09 Å². The number of hydrogen-bond donors (Lipinski definition) is 1. The zero-order valence-corrected chi connectivity index (χ0v) is 14.6. The van der Waals surface area contributed by atoms with E-state index in [1.165, 1.54) is 5.39 Å². The van der Waals surface area contributed by atoms with E-state index < -0.39 is 5.60 Å². The molecule has 0 spiro atoms. The summed E-state index contributed by atoms with van der Waals surface area (Å²) in [5.74, 6) is 0. The highest BCUT2D eigenvalue weighted by Crippen LogP contribution is 2.25. The molecule has 1 aromatic heterocycles. The van der Waals surface area contributed by atoms with Gasteiger partial charge in [-0.3, -0.25) is 4.98 Å². The molecule has 5 heteroatoms. The maximum atomic E-state index is 12.1. The highest BCUT2D eigenvalue weighted by Gasteiger charge is 2.26. The summed E-state index contributed by atoms with van der Waals surface area (Å²) in [5, 5.41) is 5.91. The lowest BCUT2D eigenvalue weighted by molar-refractivity contribution is 0.0210. The third kappa shape index (κ3) is 3.96. The number of carbonyl (C=O) groups is 1. The Morgan fingerprint density at radius 2 is 1.92 bits per heavy atom. The Labute approximate surface area is 143 Å². The monoisotopic (exact) mass is 327 g/mol. The molecule has 1 aliphatic heterocycles. The lowest BCUT2D eigenvalue weighted by Crippen LogP contribution is -2.44. The first-order valence-electron chi connectivity index (χ1n) is 8.49. The van der Waals surface area contributed by atoms with Crippen molar-refractivity contribution in [1.82, 2.24) is 9.88 Å². The van der Waals surface area contributed by atoms with Crippen LogP contribution in [0.4, 0.5) is 10.5 Å². The first kappa shape index (κ1) is 16.6. The van der Waals surface area contributed by atoms with Gasteiger partial charge in [-0.15, -0.1) is 0 Å². The predicted molar refractivity (Wildman–Crippen MR) is 96.2 cm³/mol. The smallest absolute Gasteiger partial charge is 0.410 e. The van der Waals surface area contributed by atoms with Crippen molar-refractivity contribution in [3.05, 3.63) is 36.7 Å². The topological polar surface area (TPSA) is 54.5 Å². The molecule has 24 heavy (non-hydrogen) atoms. The van der Waals surface area contributed by atoms with Gasteiger partial charge in [-0.1, -0.05) is 24.3 Å². The third-order valence-corrected chi connectivity index (χ3v) is 4.17. The Balaban J connectivity index is 1.60. The fraction of sp³-hybridized carbons (Fsp3) is 0.474. The molecule has 2 heterocycles. The number of carbonyl (C=O) groups excluding carboxylic acids is 1. The van der Waals surface area contributed by atoms with Gasteiger partial charge < -0.3 is 15.0 Å². The number of piperidine rings is 1. The number of benzene rings is 1. The van der Waals surface area contributed by atoms with Gasteiger partial charge in [0.15, 0.2) is 0 Å². The van der Waals surface area contributed by atoms with E-state index in [0.717, 1.165) is 23.9 Å². The molecule has 1 saturated heterocycles. The molecule has 0 saturated carbocycles. The number of nitrogens with zero attached hydrogens (tertiary/aromatic N) is 2. The van der Waals surface area contributed by atoms with Crippen LogP contribution in [0.5, 0.6) is 0 Å². The van der Waals surface area contributed by atoms with Gasteiger partial charge in [0.2, 0.25) is 0 Å². The number of aromatic nitrogens is 1. The van der Waals surface area contributed by atoms with Crippen molar-refractivity contribution in [3.63, 3.8) is 0 Å². The predicted octanol–water partition coefficient (Wildman–Crippen LogP) is 4.05. The standard InChI is InChI=1S/C19H25N3O2/c1-19(2,3)24-18(23)22-10-8-15(9-11-22)21-17-13-20-12-14-6-4-5-7-16(14)17/h4-7,12-13,15,21H,8-11H2,1-3H3. The molecule has 1 fully saturated rings. The second kappa shape index (κ2) is 6.67. The van der Waals surface area contributed by atoms with Crippen LogP contribution in [0.25, 0.3) is 10.8 Å². The summed E-state index contributed by atoms with van der Waals surface area (Å²) in [5.41, 5.74) is 0.615. The highest BCUT2D eigenvalue weighted by molar-refractivity contribution is 5.92. The molecule has 3 rings (SSSR count). The fourth-order valence-corrected chi connectivity index (χ4v) is 2.98. The molecule has 1 N–H and O–H groups in total. The second-order valence-electron chi connectivity index (χ2n) is 7.29. The third-order valence-electron chi connectivity index (χ3n) is 4.17. The quantitative estimate of drug-likeness (QED) is 0.904. The van der Waals surface area contributed by atoms with Crippen molar-refractivity contribution >= 4 is 22.6 Å². The summed E-state index contributed by atoms with van der Waals surface area (Å²) in [6, 6.07) is 8.58. The van der Waals surface area contributed by atoms with Gasteiger partial charge in [0.25, 0.3) is 0 Å². The summed E-state index contributed by atoms with van der Waals surface area (Å²) >= 11 is 0. The summed E-state index contributed by atoms with van der Waals surface area (Å²) in [7, 11) is 0. The highest BCUT2D eigenvalue weighted by atomic mass is 16.6. The molecular weight excluding hydrogens is 302 g/mol. The van der Waals surface area contributed by atoms with Crippen molar-refractivity contribution < 1.29 is 9.53 Å². The van der Waals surface area contributed by atoms with E-state index in [0.29, 0.717) is 19.1 Å². The number of hydrogen-bond acceptors (Lipinski definition) is 4. The average Bonchev–Trinajstić information content (AvgIpc) is 2.54. The lowest BCUT2D eigenvalue weighted by atomic mass is 10.0. The molecule has 128 valence electrons. The summed E-state index contributed by atoms with van der Waals surface area (Å²) < 4.78 is 5.44. The Morgan fingerprint density at radius 1 is 1.21 bits per heavy atom. The Morgan fingerprint density at radius 3 is 2.62 bits per heavy atom. The van der Waals surface area contributed by atoms with Gasteiger partial charge in [0.1, 0.15) is 5.60 Å². The van der Waals surface area contributed by atoms with E-state index in [1.54, 1.807) is 4.90 Å². The van der Waals surface area contributed by atoms with Crippen molar-refractivity contribution in [2.75, 3.05) is 18.4 Å². The maximum absolute atomic E-state index is 12.1. The van der Waals surface area contributed by atoms with Gasteiger partial charge in [0.05, 0.1) is 11.9 Å². The van der Waals surface area contributed by atoms with Crippen LogP contribution in [0.1, 0.15) is 33.6 Å². The van der Waals surface area contributed by atoms with Crippen LogP contribution in [0.3, 0.4) is 0 Å². The van der Waals surface area contributed by atoms with Gasteiger partial charge in [-0.2, -0.15) is 0 Å². The molecule has 0 unspecified atom stereocenters. The minimum Gasteiger partial charge on any atom is -0.444 e. The van der Waals surface area contributed by atoms with E-state index in [-0.39, 0.29) is 6.09 Å². The Kier molecular flexibility index (Phi) is 4.60. The molecule has 0 aliphatic carbocycles. The molecular formula is C19H25N3O2. The minimum atomic E-state index is -0.444. The van der Waals surface area contributed by atoms with Crippen molar-refractivity contribution in [1.29, 1.82) is 0 Å². The van der Waals surface area contributed by atoms with Crippen LogP contribution in [0.2, 0.25) is 0 Å². The zero-order chi connectivity index (χ0) is 17.2. The number of fused-ring (bicyclic) bond motifs is 1. The first-order chi connectivity index (χ1) is 11.4. The number of rotatable bonds is 2. The summed E-state index contributed by atoms with van der Waals surface area (Å²) in [6.45, 7) is 7.11. The van der Waals surface area contributed by atoms with Crippen LogP contribution in [-0.2, 0) is 4.74 Å². The molecule has 1 aromatic carbocycles. The number of likely N-dealkylation sites (tertiary alicyclic amines) is 1. The molecule has 1 aliphatic rings. The number of amides is 1. The molecule has 0 bridgehead atoms. The van der Waals surface area contributed by atoms with Gasteiger partial charge in [-0.05, 0) is 33.6 Å². The van der Waals surface area contributed by atoms with Crippen LogP contribution in [-0.4, -0.2) is 40.7 Å². The van der Waals surface area contributed by atoms with Crippen molar-refractivity contribution in [2.24, 2.45) is 0 Å². The molecule has 5 nitrogen and oxygen atoms in total. The van der Waals surface area contributed by atoms with E-state index >= 15 is 0 Å². The van der Waals surface area contributed by atoms with E-state index in [4.69, 9.17) is 4.74 Å². The normalized spacial score (nSPS) is 16.2. The summed E-state index contributed by atoms with van der Waals surface area (Å²) in [6.07, 6.45) is 5.35. The maximum Gasteiger partial charge on any atom is 0.410 e. The van der Waals surface area contributed by atoms with E-state index in [2.05, 4.69) is 22.4 Å². The molecule has 0 radical (unpaired) electrons. The summed E-state index contributed by atoms with van der Waals surface area (Å²) in [4.78, 5) is 18.2. The van der Waals surface area contributed by atoms with Crippen LogP contribution < -0.4 is 5.32 Å². The van der Waals surface area contributed by atoms with Gasteiger partial charge in [0, 0.05) is 36.1 Å². The Hall–Kier alpha value is -2.30. The van der Waals surface area contributed by atoms with E-state index in [9.17, 15) is 4.79 Å². The molecule has 0 atom stereocenters. The minimum absolute atomic E-state index is 0.215. The average molecular weight is 327 g/mol. The molecule has 1 amide bonds. The largest absolute Gasteiger partial charge is 0.444 e. The lowest BCUT2D eigenvalue weighted by Gasteiger charge is -2.34. The first-order valence-corrected chi connectivity index (χ1v) is 8.49. The SMILES string of the molecule is CC(C)(C)OC(=O)N1CCC(Nc2cncc3ccccc23)CC1. The molecule has 2 aromatic rings. The fourth-order valence-electron chi connectivity index (χ4n) is 2.98. The van der Waals surface area contributed by atoms with Crippen molar-refractivity contribution in [3.8, 4) is 0 Å². The Bertz CT molecular complexity index is 711. The van der Waals surface area contributed by atoms with Crippen LogP contribution in [0.15, 0.2) is 36.7 Å². The number of pyridine rings is 1. The zero-order valence-electron chi connectivity index (χ0n) is 14.6. The number of nitrogens with one attached hydrogen (secondary N) is 1. The van der Waals surface area contributed by atoms with Crippen LogP contribution in [0, 0.1) is 0 Å². The second-order valence-corrected chi connectivity index (χ2v) is 7.29. The number of anilines is 1. The van der Waals surface area contributed by atoms with Crippen molar-refractivity contribution in [2.45, 2.75) is 45.3 Å². The van der Waals surface area contributed by atoms with Crippen LogP contribution >= 0.6 is 0 Å².